The van der Waals surface area contributed by atoms with E-state index in [4.69, 9.17) is 32.4 Å². The summed E-state index contributed by atoms with van der Waals surface area (Å²) in [7, 11) is 0. The second-order valence-corrected chi connectivity index (χ2v) is 4.95. The van der Waals surface area contributed by atoms with Gasteiger partial charge in [-0.2, -0.15) is 0 Å². The predicted octanol–water partition coefficient (Wildman–Crippen LogP) is 3.67. The van der Waals surface area contributed by atoms with Crippen molar-refractivity contribution in [1.29, 1.82) is 0 Å². The third-order valence-electron chi connectivity index (χ3n) is 2.59. The Labute approximate surface area is 126 Å². The summed E-state index contributed by atoms with van der Waals surface area (Å²) >= 11 is 11.7. The van der Waals surface area contributed by atoms with E-state index in [1.54, 1.807) is 43.5 Å². The molecule has 1 aromatic heterocycles. The molecule has 6 heteroatoms. The molecule has 4 nitrogen and oxygen atoms in total. The van der Waals surface area contributed by atoms with Gasteiger partial charge in [-0.15, -0.1) is 0 Å². The van der Waals surface area contributed by atoms with Crippen molar-refractivity contribution < 1.29 is 13.9 Å². The molecule has 0 fully saturated rings. The van der Waals surface area contributed by atoms with Gasteiger partial charge < -0.3 is 14.5 Å². The molecule has 1 atom stereocenters. The first-order valence-corrected chi connectivity index (χ1v) is 6.73. The van der Waals surface area contributed by atoms with Gasteiger partial charge in [-0.1, -0.05) is 23.2 Å². The van der Waals surface area contributed by atoms with Crippen LogP contribution in [-0.2, 0) is 11.3 Å². The van der Waals surface area contributed by atoms with Gasteiger partial charge in [0.15, 0.2) is 6.10 Å². The topological polar surface area (TPSA) is 51.5 Å². The summed E-state index contributed by atoms with van der Waals surface area (Å²) in [5.74, 6) is 0.924. The average Bonchev–Trinajstić information content (AvgIpc) is 2.93. The second kappa shape index (κ2) is 6.68. The van der Waals surface area contributed by atoms with Gasteiger partial charge in [0, 0.05) is 6.07 Å². The summed E-state index contributed by atoms with van der Waals surface area (Å²) in [4.78, 5) is 11.9. The number of hydrogen-bond acceptors (Lipinski definition) is 3. The van der Waals surface area contributed by atoms with E-state index in [9.17, 15) is 4.79 Å². The molecule has 20 heavy (non-hydrogen) atoms. The van der Waals surface area contributed by atoms with Crippen molar-refractivity contribution in [1.82, 2.24) is 5.32 Å². The summed E-state index contributed by atoms with van der Waals surface area (Å²) in [6.45, 7) is 1.97. The Bertz CT molecular complexity index is 584. The van der Waals surface area contributed by atoms with Crippen LogP contribution in [0, 0.1) is 0 Å². The minimum absolute atomic E-state index is 0.243. The number of carbonyl (C=O) groups is 1. The normalized spacial score (nSPS) is 11.9. The number of carbonyl (C=O) groups excluding carboxylic acids is 1. The molecule has 2 rings (SSSR count). The first-order chi connectivity index (χ1) is 9.56. The molecule has 1 unspecified atom stereocenters. The number of benzene rings is 1. The molecule has 2 aromatic rings. The summed E-state index contributed by atoms with van der Waals surface area (Å²) in [5.41, 5.74) is 0. The number of furan rings is 1. The fourth-order valence-electron chi connectivity index (χ4n) is 1.54. The Hall–Kier alpha value is -1.65. The highest BCUT2D eigenvalue weighted by Gasteiger charge is 2.15. The maximum absolute atomic E-state index is 11.9. The lowest BCUT2D eigenvalue weighted by Gasteiger charge is -2.14. The molecule has 1 N–H and O–H groups in total. The van der Waals surface area contributed by atoms with E-state index in [2.05, 4.69) is 5.32 Å². The lowest BCUT2D eigenvalue weighted by Crippen LogP contribution is -2.35. The van der Waals surface area contributed by atoms with Gasteiger partial charge in [0.25, 0.3) is 5.91 Å². The van der Waals surface area contributed by atoms with Crippen molar-refractivity contribution in [3.05, 3.63) is 52.4 Å². The van der Waals surface area contributed by atoms with Crippen molar-refractivity contribution in [2.24, 2.45) is 0 Å². The Morgan fingerprint density at radius 2 is 2.15 bits per heavy atom. The number of ether oxygens (including phenoxy) is 1. The van der Waals surface area contributed by atoms with Gasteiger partial charge in [0.1, 0.15) is 11.5 Å². The van der Waals surface area contributed by atoms with Crippen LogP contribution in [0.3, 0.4) is 0 Å². The zero-order valence-electron chi connectivity index (χ0n) is 10.7. The molecule has 1 amide bonds. The summed E-state index contributed by atoms with van der Waals surface area (Å²) in [5, 5.41) is 3.53. The number of hydrogen-bond donors (Lipinski definition) is 1. The molecule has 106 valence electrons. The van der Waals surface area contributed by atoms with Crippen LogP contribution in [0.4, 0.5) is 0 Å². The Morgan fingerprint density at radius 1 is 1.35 bits per heavy atom. The van der Waals surface area contributed by atoms with E-state index in [0.717, 1.165) is 0 Å². The van der Waals surface area contributed by atoms with Crippen LogP contribution in [0.25, 0.3) is 0 Å². The molecule has 1 heterocycles. The zero-order valence-corrected chi connectivity index (χ0v) is 12.2. The molecule has 0 saturated carbocycles. The van der Waals surface area contributed by atoms with Crippen LogP contribution in [-0.4, -0.2) is 12.0 Å². The molecular formula is C14H13Cl2NO3. The minimum atomic E-state index is -0.651. The maximum atomic E-state index is 11.9. The third-order valence-corrected chi connectivity index (χ3v) is 3.33. The molecule has 0 spiro atoms. The second-order valence-electron chi connectivity index (χ2n) is 4.13. The van der Waals surface area contributed by atoms with E-state index in [1.165, 1.54) is 0 Å². The quantitative estimate of drug-likeness (QED) is 0.916. The van der Waals surface area contributed by atoms with E-state index in [-0.39, 0.29) is 5.91 Å². The van der Waals surface area contributed by atoms with Crippen molar-refractivity contribution in [3.63, 3.8) is 0 Å². The van der Waals surface area contributed by atoms with Crippen LogP contribution in [0.15, 0.2) is 41.0 Å². The molecule has 0 radical (unpaired) electrons. The molecule has 0 aliphatic heterocycles. The van der Waals surface area contributed by atoms with Crippen molar-refractivity contribution in [2.75, 3.05) is 0 Å². The molecule has 0 bridgehead atoms. The standard InChI is InChI=1S/C14H13Cl2NO3/c1-9(14(18)17-8-11-3-2-6-19-11)20-10-4-5-12(15)13(16)7-10/h2-7,9H,8H2,1H3,(H,17,18). The smallest absolute Gasteiger partial charge is 0.261 e. The Morgan fingerprint density at radius 3 is 2.80 bits per heavy atom. The highest BCUT2D eigenvalue weighted by molar-refractivity contribution is 6.42. The van der Waals surface area contributed by atoms with Gasteiger partial charge in [-0.05, 0) is 31.2 Å². The van der Waals surface area contributed by atoms with Crippen LogP contribution >= 0.6 is 23.2 Å². The fourth-order valence-corrected chi connectivity index (χ4v) is 1.83. The average molecular weight is 314 g/mol. The van der Waals surface area contributed by atoms with Gasteiger partial charge in [0.2, 0.25) is 0 Å². The van der Waals surface area contributed by atoms with E-state index < -0.39 is 6.10 Å². The van der Waals surface area contributed by atoms with Crippen molar-refractivity contribution in [3.8, 4) is 5.75 Å². The number of halogens is 2. The molecule has 1 aromatic carbocycles. The van der Waals surface area contributed by atoms with Crippen LogP contribution < -0.4 is 10.1 Å². The Balaban J connectivity index is 1.88. The first-order valence-electron chi connectivity index (χ1n) is 5.98. The number of nitrogens with one attached hydrogen (secondary N) is 1. The summed E-state index contributed by atoms with van der Waals surface area (Å²) in [6, 6.07) is 8.39. The predicted molar refractivity (Wildman–Crippen MR) is 77.1 cm³/mol. The lowest BCUT2D eigenvalue weighted by molar-refractivity contribution is -0.127. The highest BCUT2D eigenvalue weighted by Crippen LogP contribution is 2.26. The van der Waals surface area contributed by atoms with Crippen LogP contribution in [0.1, 0.15) is 12.7 Å². The van der Waals surface area contributed by atoms with Crippen molar-refractivity contribution in [2.45, 2.75) is 19.6 Å². The monoisotopic (exact) mass is 313 g/mol. The van der Waals surface area contributed by atoms with Gasteiger partial charge in [-0.3, -0.25) is 4.79 Å². The molecular weight excluding hydrogens is 301 g/mol. The zero-order chi connectivity index (χ0) is 14.5. The molecule has 0 aliphatic rings. The SMILES string of the molecule is CC(Oc1ccc(Cl)c(Cl)c1)C(=O)NCc1ccco1. The first kappa shape index (κ1) is 14.8. The van der Waals surface area contributed by atoms with Gasteiger partial charge in [0.05, 0.1) is 22.9 Å². The van der Waals surface area contributed by atoms with Crippen LogP contribution in [0.2, 0.25) is 10.0 Å². The van der Waals surface area contributed by atoms with E-state index in [0.29, 0.717) is 28.1 Å². The number of amides is 1. The number of rotatable bonds is 5. The van der Waals surface area contributed by atoms with Gasteiger partial charge in [-0.25, -0.2) is 0 Å². The maximum Gasteiger partial charge on any atom is 0.261 e. The lowest BCUT2D eigenvalue weighted by atomic mass is 10.3. The molecule has 0 saturated heterocycles. The molecule has 0 aliphatic carbocycles. The Kier molecular flexibility index (Phi) is 4.93. The minimum Gasteiger partial charge on any atom is -0.481 e. The largest absolute Gasteiger partial charge is 0.481 e. The summed E-state index contributed by atoms with van der Waals surface area (Å²) in [6.07, 6.45) is 0.902. The van der Waals surface area contributed by atoms with Gasteiger partial charge >= 0.3 is 0 Å². The fraction of sp³-hybridized carbons (Fsp3) is 0.214. The van der Waals surface area contributed by atoms with E-state index in [1.807, 2.05) is 0 Å². The van der Waals surface area contributed by atoms with Crippen LogP contribution in [0.5, 0.6) is 5.75 Å². The highest BCUT2D eigenvalue weighted by atomic mass is 35.5. The summed E-state index contributed by atoms with van der Waals surface area (Å²) < 4.78 is 10.6. The third kappa shape index (κ3) is 3.92. The van der Waals surface area contributed by atoms with E-state index >= 15 is 0 Å². The van der Waals surface area contributed by atoms with Crippen molar-refractivity contribution >= 4 is 29.1 Å².